The van der Waals surface area contributed by atoms with E-state index in [0.717, 1.165) is 38.7 Å². The molecule has 0 radical (unpaired) electrons. The number of methoxy groups -OCH3 is 1. The number of hydrogen-bond acceptors (Lipinski definition) is 5. The van der Waals surface area contributed by atoms with E-state index in [1.807, 2.05) is 17.5 Å². The number of rotatable bonds is 6. The van der Waals surface area contributed by atoms with Gasteiger partial charge >= 0.3 is 0 Å². The number of ether oxygens (including phenoxy) is 1. The van der Waals surface area contributed by atoms with E-state index in [1.54, 1.807) is 7.11 Å². The molecular weight excluding hydrogens is 282 g/mol. The maximum Gasteiger partial charge on any atom is 0.185 e. The van der Waals surface area contributed by atoms with Crippen LogP contribution in [0, 0.1) is 11.3 Å². The molecule has 1 N–H and O–H groups in total. The monoisotopic (exact) mass is 311 g/mol. The predicted molar refractivity (Wildman–Crippen MR) is 90.1 cm³/mol. The van der Waals surface area contributed by atoms with E-state index in [1.165, 1.54) is 22.9 Å². The number of hydrogen-bond donors (Lipinski definition) is 1. The van der Waals surface area contributed by atoms with Crippen molar-refractivity contribution in [3.8, 4) is 0 Å². The molecule has 1 aromatic heterocycles. The lowest BCUT2D eigenvalue weighted by molar-refractivity contribution is 0.199. The van der Waals surface area contributed by atoms with Crippen molar-refractivity contribution in [2.75, 3.05) is 38.3 Å². The topological polar surface area (TPSA) is 37.4 Å². The fraction of sp³-hybridized carbons (Fsp3) is 0.812. The van der Waals surface area contributed by atoms with Crippen LogP contribution in [0.25, 0.3) is 0 Å². The van der Waals surface area contributed by atoms with Gasteiger partial charge < -0.3 is 15.0 Å². The molecule has 1 aliphatic rings. The van der Waals surface area contributed by atoms with Gasteiger partial charge in [-0.05, 0) is 24.2 Å². The lowest BCUT2D eigenvalue weighted by atomic mass is 9.75. The molecule has 4 nitrogen and oxygen atoms in total. The molecule has 0 saturated carbocycles. The fourth-order valence-corrected chi connectivity index (χ4v) is 3.78. The molecule has 1 aliphatic heterocycles. The normalized spacial score (nSPS) is 17.4. The second-order valence-electron chi connectivity index (χ2n) is 6.91. The number of aromatic nitrogens is 1. The molecule has 0 spiro atoms. The van der Waals surface area contributed by atoms with E-state index < -0.39 is 0 Å². The molecule has 1 aromatic rings. The minimum atomic E-state index is 0.436. The van der Waals surface area contributed by atoms with Crippen molar-refractivity contribution >= 4 is 16.5 Å². The van der Waals surface area contributed by atoms with Gasteiger partial charge in [0.25, 0.3) is 0 Å². The summed E-state index contributed by atoms with van der Waals surface area (Å²) in [5, 5.41) is 4.56. The van der Waals surface area contributed by atoms with Crippen molar-refractivity contribution in [2.24, 2.45) is 11.3 Å². The number of anilines is 1. The van der Waals surface area contributed by atoms with Crippen molar-refractivity contribution < 1.29 is 4.74 Å². The van der Waals surface area contributed by atoms with E-state index in [0.29, 0.717) is 5.41 Å². The SMILES string of the molecule is COCCNCc1cnc(N2CCC(C(C)(C)C)CC2)s1. The first-order chi connectivity index (χ1) is 10.0. The lowest BCUT2D eigenvalue weighted by Crippen LogP contribution is -2.37. The highest BCUT2D eigenvalue weighted by Gasteiger charge is 2.29. The van der Waals surface area contributed by atoms with Crippen molar-refractivity contribution in [1.29, 1.82) is 0 Å². The molecular formula is C16H29N3OS. The molecule has 1 fully saturated rings. The Bertz CT molecular complexity index is 419. The van der Waals surface area contributed by atoms with Crippen LogP contribution in [0.2, 0.25) is 0 Å². The third-order valence-electron chi connectivity index (χ3n) is 4.31. The molecule has 0 unspecified atom stereocenters. The Kier molecular flexibility index (Phi) is 6.02. The van der Waals surface area contributed by atoms with Crippen LogP contribution in [-0.2, 0) is 11.3 Å². The molecule has 1 saturated heterocycles. The Hall–Kier alpha value is -0.650. The van der Waals surface area contributed by atoms with Crippen LogP contribution in [0.5, 0.6) is 0 Å². The number of thiazole rings is 1. The van der Waals surface area contributed by atoms with Crippen LogP contribution in [0.4, 0.5) is 5.13 Å². The van der Waals surface area contributed by atoms with Gasteiger partial charge in [-0.2, -0.15) is 0 Å². The second kappa shape index (κ2) is 7.56. The number of nitrogens with one attached hydrogen (secondary N) is 1. The lowest BCUT2D eigenvalue weighted by Gasteiger charge is -2.38. The largest absolute Gasteiger partial charge is 0.383 e. The molecule has 21 heavy (non-hydrogen) atoms. The predicted octanol–water partition coefficient (Wildman–Crippen LogP) is 3.14. The minimum Gasteiger partial charge on any atom is -0.383 e. The summed E-state index contributed by atoms with van der Waals surface area (Å²) < 4.78 is 5.03. The van der Waals surface area contributed by atoms with Gasteiger partial charge in [0.1, 0.15) is 0 Å². The van der Waals surface area contributed by atoms with Crippen molar-refractivity contribution in [3.63, 3.8) is 0 Å². The number of piperidine rings is 1. The molecule has 0 atom stereocenters. The van der Waals surface area contributed by atoms with Crippen LogP contribution >= 0.6 is 11.3 Å². The first-order valence-corrected chi connectivity index (χ1v) is 8.71. The highest BCUT2D eigenvalue weighted by atomic mass is 32.1. The average molecular weight is 311 g/mol. The first-order valence-electron chi connectivity index (χ1n) is 7.90. The van der Waals surface area contributed by atoms with E-state index in [2.05, 4.69) is 36.0 Å². The Balaban J connectivity index is 1.80. The van der Waals surface area contributed by atoms with Gasteiger partial charge in [-0.1, -0.05) is 20.8 Å². The van der Waals surface area contributed by atoms with Crippen LogP contribution in [0.3, 0.4) is 0 Å². The summed E-state index contributed by atoms with van der Waals surface area (Å²) in [7, 11) is 1.73. The van der Waals surface area contributed by atoms with E-state index in [9.17, 15) is 0 Å². The summed E-state index contributed by atoms with van der Waals surface area (Å²) >= 11 is 1.82. The van der Waals surface area contributed by atoms with Crippen molar-refractivity contribution in [3.05, 3.63) is 11.1 Å². The zero-order chi connectivity index (χ0) is 15.3. The summed E-state index contributed by atoms with van der Waals surface area (Å²) in [5.74, 6) is 0.837. The van der Waals surface area contributed by atoms with Gasteiger partial charge in [-0.3, -0.25) is 0 Å². The van der Waals surface area contributed by atoms with Gasteiger partial charge in [-0.25, -0.2) is 4.98 Å². The second-order valence-corrected chi connectivity index (χ2v) is 8.00. The Labute approximate surface area is 132 Å². The summed E-state index contributed by atoms with van der Waals surface area (Å²) in [5.41, 5.74) is 0.436. The Morgan fingerprint density at radius 1 is 1.38 bits per heavy atom. The van der Waals surface area contributed by atoms with Crippen molar-refractivity contribution in [1.82, 2.24) is 10.3 Å². The van der Waals surface area contributed by atoms with Crippen LogP contribution < -0.4 is 10.2 Å². The maximum absolute atomic E-state index is 5.03. The Morgan fingerprint density at radius 3 is 2.71 bits per heavy atom. The summed E-state index contributed by atoms with van der Waals surface area (Å²) in [6, 6.07) is 0. The van der Waals surface area contributed by atoms with E-state index in [4.69, 9.17) is 4.74 Å². The third-order valence-corrected chi connectivity index (χ3v) is 5.37. The zero-order valence-corrected chi connectivity index (χ0v) is 14.6. The quantitative estimate of drug-likeness (QED) is 0.819. The summed E-state index contributed by atoms with van der Waals surface area (Å²) in [6.45, 7) is 11.9. The third kappa shape index (κ3) is 4.94. The average Bonchev–Trinajstić information content (AvgIpc) is 2.92. The number of nitrogens with zero attached hydrogens (tertiary/aromatic N) is 2. The highest BCUT2D eigenvalue weighted by Crippen LogP contribution is 2.36. The van der Waals surface area contributed by atoms with Crippen LogP contribution in [0.15, 0.2) is 6.20 Å². The maximum atomic E-state index is 5.03. The minimum absolute atomic E-state index is 0.436. The van der Waals surface area contributed by atoms with Crippen molar-refractivity contribution in [2.45, 2.75) is 40.2 Å². The van der Waals surface area contributed by atoms with Gasteiger partial charge in [0.05, 0.1) is 6.61 Å². The first kappa shape index (κ1) is 16.7. The highest BCUT2D eigenvalue weighted by molar-refractivity contribution is 7.15. The van der Waals surface area contributed by atoms with Gasteiger partial charge in [-0.15, -0.1) is 11.3 Å². The molecule has 0 aromatic carbocycles. The van der Waals surface area contributed by atoms with E-state index in [-0.39, 0.29) is 0 Å². The smallest absolute Gasteiger partial charge is 0.185 e. The zero-order valence-electron chi connectivity index (χ0n) is 13.8. The molecule has 0 aliphatic carbocycles. The Morgan fingerprint density at radius 2 is 2.10 bits per heavy atom. The molecule has 5 heteroatoms. The molecule has 120 valence electrons. The van der Waals surface area contributed by atoms with Gasteiger partial charge in [0.2, 0.25) is 0 Å². The van der Waals surface area contributed by atoms with Crippen LogP contribution in [0.1, 0.15) is 38.5 Å². The van der Waals surface area contributed by atoms with Crippen LogP contribution in [-0.4, -0.2) is 38.3 Å². The standard InChI is InChI=1S/C16H29N3OS/c1-16(2,3)13-5-8-19(9-6-13)15-18-12-14(21-15)11-17-7-10-20-4/h12-13,17H,5-11H2,1-4H3. The molecule has 0 bridgehead atoms. The molecule has 2 heterocycles. The fourth-order valence-electron chi connectivity index (χ4n) is 2.85. The summed E-state index contributed by atoms with van der Waals surface area (Å²) in [6.07, 6.45) is 4.57. The molecule has 0 amide bonds. The molecule has 2 rings (SSSR count). The summed E-state index contributed by atoms with van der Waals surface area (Å²) in [4.78, 5) is 8.35. The van der Waals surface area contributed by atoms with E-state index >= 15 is 0 Å². The van der Waals surface area contributed by atoms with Gasteiger partial charge in [0, 0.05) is 44.4 Å². The van der Waals surface area contributed by atoms with Gasteiger partial charge in [0.15, 0.2) is 5.13 Å².